The van der Waals surface area contributed by atoms with Crippen LogP contribution in [0.1, 0.15) is 43.2 Å². The van der Waals surface area contributed by atoms with Crippen molar-refractivity contribution in [3.8, 4) is 11.3 Å². The van der Waals surface area contributed by atoms with E-state index < -0.39 is 11.7 Å². The molecule has 0 aliphatic carbocycles. The number of benzene rings is 2. The van der Waals surface area contributed by atoms with Crippen LogP contribution >= 0.6 is 0 Å². The van der Waals surface area contributed by atoms with Crippen molar-refractivity contribution < 1.29 is 14.3 Å². The zero-order chi connectivity index (χ0) is 27.3. The highest BCUT2D eigenvalue weighted by Gasteiger charge is 2.20. The van der Waals surface area contributed by atoms with Crippen LogP contribution in [0, 0.1) is 6.92 Å². The Morgan fingerprint density at radius 2 is 1.66 bits per heavy atom. The van der Waals surface area contributed by atoms with Crippen LogP contribution in [-0.4, -0.2) is 32.2 Å². The van der Waals surface area contributed by atoms with Gasteiger partial charge in [-0.25, -0.2) is 9.78 Å². The van der Waals surface area contributed by atoms with Crippen molar-refractivity contribution in [2.24, 2.45) is 0 Å². The number of ketones is 1. The molecule has 0 saturated carbocycles. The number of nitrogens with one attached hydrogen (secondary N) is 1. The minimum absolute atomic E-state index is 0.0201. The van der Waals surface area contributed by atoms with E-state index >= 15 is 0 Å². The predicted molar refractivity (Wildman–Crippen MR) is 150 cm³/mol. The first-order valence-electron chi connectivity index (χ1n) is 12.5. The standard InChI is InChI=1S/C31H32N4O3/c1-6-26(36)18-23-12-14-25(15-13-23)27-19-24(17-22-10-8-7-9-11-22)20-28(32-27)33-29-16-21(2)35(34-29)30(37)38-31(3,4)5/h6-16,19-20H,1,17-18H2,2-5H3,(H,32,33,34). The maximum Gasteiger partial charge on any atom is 0.435 e. The summed E-state index contributed by atoms with van der Waals surface area (Å²) in [6.07, 6.45) is 1.84. The van der Waals surface area contributed by atoms with Gasteiger partial charge in [-0.2, -0.15) is 4.68 Å². The van der Waals surface area contributed by atoms with Gasteiger partial charge < -0.3 is 10.1 Å². The third-order valence-corrected chi connectivity index (χ3v) is 5.70. The summed E-state index contributed by atoms with van der Waals surface area (Å²) < 4.78 is 6.70. The molecule has 4 aromatic rings. The summed E-state index contributed by atoms with van der Waals surface area (Å²) in [4.78, 5) is 29.1. The number of ether oxygens (including phenoxy) is 1. The molecule has 38 heavy (non-hydrogen) atoms. The molecule has 0 spiro atoms. The Kier molecular flexibility index (Phi) is 7.86. The van der Waals surface area contributed by atoms with E-state index in [2.05, 4.69) is 35.2 Å². The second kappa shape index (κ2) is 11.3. The lowest BCUT2D eigenvalue weighted by molar-refractivity contribution is -0.114. The first kappa shape index (κ1) is 26.5. The average Bonchev–Trinajstić information content (AvgIpc) is 3.23. The van der Waals surface area contributed by atoms with E-state index in [9.17, 15) is 9.59 Å². The van der Waals surface area contributed by atoms with Gasteiger partial charge in [0, 0.05) is 23.7 Å². The third kappa shape index (κ3) is 7.03. The minimum Gasteiger partial charge on any atom is -0.442 e. The van der Waals surface area contributed by atoms with E-state index in [4.69, 9.17) is 9.72 Å². The van der Waals surface area contributed by atoms with Crippen LogP contribution in [0.25, 0.3) is 11.3 Å². The minimum atomic E-state index is -0.625. The Morgan fingerprint density at radius 1 is 0.947 bits per heavy atom. The van der Waals surface area contributed by atoms with Crippen LogP contribution in [-0.2, 0) is 22.4 Å². The highest BCUT2D eigenvalue weighted by Crippen LogP contribution is 2.26. The number of nitrogens with zero attached hydrogens (tertiary/aromatic N) is 3. The summed E-state index contributed by atoms with van der Waals surface area (Å²) in [5, 5.41) is 7.66. The molecule has 2 aromatic heterocycles. The van der Waals surface area contributed by atoms with E-state index in [-0.39, 0.29) is 5.78 Å². The summed E-state index contributed by atoms with van der Waals surface area (Å²) in [5.41, 5.74) is 4.89. The van der Waals surface area contributed by atoms with Crippen molar-refractivity contribution in [3.05, 3.63) is 108 Å². The zero-order valence-electron chi connectivity index (χ0n) is 22.2. The molecule has 7 nitrogen and oxygen atoms in total. The second-order valence-corrected chi connectivity index (χ2v) is 10.1. The molecule has 2 heterocycles. The summed E-state index contributed by atoms with van der Waals surface area (Å²) in [6, 6.07) is 23.8. The molecule has 0 aliphatic rings. The van der Waals surface area contributed by atoms with Crippen LogP contribution in [0.15, 0.2) is 85.5 Å². The molecule has 2 aromatic carbocycles. The van der Waals surface area contributed by atoms with Gasteiger partial charge in [-0.3, -0.25) is 4.79 Å². The lowest BCUT2D eigenvalue weighted by Crippen LogP contribution is -2.28. The van der Waals surface area contributed by atoms with E-state index in [1.54, 1.807) is 13.0 Å². The fraction of sp³-hybridized carbons (Fsp3) is 0.226. The van der Waals surface area contributed by atoms with Gasteiger partial charge in [0.2, 0.25) is 0 Å². The largest absolute Gasteiger partial charge is 0.442 e. The van der Waals surface area contributed by atoms with Gasteiger partial charge in [-0.15, -0.1) is 5.10 Å². The molecule has 0 fully saturated rings. The van der Waals surface area contributed by atoms with Gasteiger partial charge in [-0.1, -0.05) is 61.2 Å². The number of pyridine rings is 1. The molecule has 0 saturated heterocycles. The van der Waals surface area contributed by atoms with Gasteiger partial charge in [0.1, 0.15) is 11.4 Å². The smallest absolute Gasteiger partial charge is 0.435 e. The zero-order valence-corrected chi connectivity index (χ0v) is 22.2. The molecular weight excluding hydrogens is 476 g/mol. The van der Waals surface area contributed by atoms with Crippen molar-refractivity contribution in [2.45, 2.75) is 46.1 Å². The molecule has 0 atom stereocenters. The number of allylic oxidation sites excluding steroid dienone is 1. The molecule has 1 N–H and O–H groups in total. The number of aromatic nitrogens is 3. The molecule has 0 amide bonds. The summed E-state index contributed by atoms with van der Waals surface area (Å²) in [6.45, 7) is 10.8. The van der Waals surface area contributed by atoms with Crippen LogP contribution in [0.5, 0.6) is 0 Å². The molecule has 0 aliphatic heterocycles. The van der Waals surface area contributed by atoms with Crippen molar-refractivity contribution in [1.82, 2.24) is 14.8 Å². The van der Waals surface area contributed by atoms with Crippen molar-refractivity contribution >= 4 is 23.5 Å². The van der Waals surface area contributed by atoms with Gasteiger partial charge >= 0.3 is 6.09 Å². The molecule has 0 unspecified atom stereocenters. The van der Waals surface area contributed by atoms with E-state index in [1.165, 1.54) is 16.3 Å². The Bertz CT molecular complexity index is 1450. The molecule has 4 rings (SSSR count). The molecule has 7 heteroatoms. The Morgan fingerprint density at radius 3 is 2.32 bits per heavy atom. The van der Waals surface area contributed by atoms with Crippen LogP contribution in [0.3, 0.4) is 0 Å². The number of rotatable bonds is 8. The van der Waals surface area contributed by atoms with Gasteiger partial charge in [0.15, 0.2) is 11.6 Å². The Balaban J connectivity index is 1.65. The third-order valence-electron chi connectivity index (χ3n) is 5.70. The van der Waals surface area contributed by atoms with Crippen molar-refractivity contribution in [1.29, 1.82) is 0 Å². The first-order valence-corrected chi connectivity index (χ1v) is 12.5. The fourth-order valence-corrected chi connectivity index (χ4v) is 3.96. The maximum absolute atomic E-state index is 12.6. The molecular formula is C31H32N4O3. The second-order valence-electron chi connectivity index (χ2n) is 10.1. The average molecular weight is 509 g/mol. The van der Waals surface area contributed by atoms with Crippen LogP contribution in [0.4, 0.5) is 16.4 Å². The van der Waals surface area contributed by atoms with Gasteiger partial charge in [-0.05, 0) is 69.0 Å². The molecule has 0 radical (unpaired) electrons. The van der Waals surface area contributed by atoms with Gasteiger partial charge in [0.05, 0.1) is 5.69 Å². The summed E-state index contributed by atoms with van der Waals surface area (Å²) in [7, 11) is 0. The monoisotopic (exact) mass is 508 g/mol. The lowest BCUT2D eigenvalue weighted by Gasteiger charge is -2.19. The summed E-state index contributed by atoms with van der Waals surface area (Å²) in [5.74, 6) is 1.07. The number of hydrogen-bond acceptors (Lipinski definition) is 6. The van der Waals surface area contributed by atoms with E-state index in [1.807, 2.05) is 69.3 Å². The van der Waals surface area contributed by atoms with E-state index in [0.29, 0.717) is 23.8 Å². The van der Waals surface area contributed by atoms with Crippen molar-refractivity contribution in [2.75, 3.05) is 5.32 Å². The maximum atomic E-state index is 12.6. The predicted octanol–water partition coefficient (Wildman–Crippen LogP) is 6.67. The highest BCUT2D eigenvalue weighted by molar-refractivity contribution is 5.90. The first-order chi connectivity index (χ1) is 18.1. The molecule has 0 bridgehead atoms. The number of aryl methyl sites for hydroxylation is 1. The topological polar surface area (TPSA) is 86.1 Å². The summed E-state index contributed by atoms with van der Waals surface area (Å²) >= 11 is 0. The normalized spacial score (nSPS) is 11.2. The number of carbonyl (C=O) groups is 2. The highest BCUT2D eigenvalue weighted by atomic mass is 16.6. The number of hydrogen-bond donors (Lipinski definition) is 1. The van der Waals surface area contributed by atoms with Crippen LogP contribution < -0.4 is 5.32 Å². The molecule has 194 valence electrons. The van der Waals surface area contributed by atoms with Crippen molar-refractivity contribution in [3.63, 3.8) is 0 Å². The van der Waals surface area contributed by atoms with E-state index in [0.717, 1.165) is 28.8 Å². The lowest BCUT2D eigenvalue weighted by atomic mass is 10.0. The van der Waals surface area contributed by atoms with Gasteiger partial charge in [0.25, 0.3) is 0 Å². The SMILES string of the molecule is C=CC(=O)Cc1ccc(-c2cc(Cc3ccccc3)cc(Nc3cc(C)n(C(=O)OC(C)(C)C)n3)n2)cc1. The van der Waals surface area contributed by atoms with Crippen LogP contribution in [0.2, 0.25) is 0 Å². The number of anilines is 2. The quantitative estimate of drug-likeness (QED) is 0.268. The fourth-order valence-electron chi connectivity index (χ4n) is 3.96. The Labute approximate surface area is 223 Å². The number of carbonyl (C=O) groups excluding carboxylic acids is 2. The Hall–Kier alpha value is -4.52.